The number of rotatable bonds is 7. The van der Waals surface area contributed by atoms with Crippen molar-refractivity contribution >= 4 is 45.9 Å². The van der Waals surface area contributed by atoms with E-state index in [9.17, 15) is 19.2 Å². The first-order valence-corrected chi connectivity index (χ1v) is 14.0. The molecule has 0 radical (unpaired) electrons. The fraction of sp³-hybridized carbons (Fsp3) is 0.323. The molecule has 214 valence electrons. The first-order valence-electron chi connectivity index (χ1n) is 14.0. The second-order valence-electron chi connectivity index (χ2n) is 11.0. The van der Waals surface area contributed by atoms with Gasteiger partial charge in [0.2, 0.25) is 11.8 Å². The number of benzene rings is 1. The van der Waals surface area contributed by atoms with Gasteiger partial charge in [0.05, 0.1) is 11.1 Å². The van der Waals surface area contributed by atoms with Gasteiger partial charge in [-0.2, -0.15) is 5.10 Å². The Bertz CT molecular complexity index is 1750. The predicted octanol–water partition coefficient (Wildman–Crippen LogP) is 3.92. The van der Waals surface area contributed by atoms with Crippen molar-refractivity contribution in [2.24, 2.45) is 5.92 Å². The zero-order valence-corrected chi connectivity index (χ0v) is 23.6. The summed E-state index contributed by atoms with van der Waals surface area (Å²) < 4.78 is 1.51. The maximum Gasteiger partial charge on any atom is 0.257 e. The van der Waals surface area contributed by atoms with Crippen LogP contribution in [0.5, 0.6) is 0 Å². The van der Waals surface area contributed by atoms with E-state index in [2.05, 4.69) is 25.7 Å². The van der Waals surface area contributed by atoms with Crippen LogP contribution < -0.4 is 10.6 Å². The number of carbonyl (C=O) groups excluding carboxylic acids is 4. The van der Waals surface area contributed by atoms with Crippen LogP contribution >= 0.6 is 0 Å². The molecule has 3 aromatic heterocycles. The molecule has 3 atom stereocenters. The fourth-order valence-corrected chi connectivity index (χ4v) is 6.27. The van der Waals surface area contributed by atoms with Crippen LogP contribution in [0.3, 0.4) is 0 Å². The van der Waals surface area contributed by atoms with Gasteiger partial charge in [0.25, 0.3) is 5.91 Å². The number of nitrogens with one attached hydrogen (secondary N) is 2. The number of pyridine rings is 2. The Labute approximate surface area is 242 Å². The minimum atomic E-state index is -0.592. The van der Waals surface area contributed by atoms with Gasteiger partial charge in [0.15, 0.2) is 5.78 Å². The zero-order chi connectivity index (χ0) is 29.5. The van der Waals surface area contributed by atoms with E-state index < -0.39 is 6.04 Å². The van der Waals surface area contributed by atoms with Crippen molar-refractivity contribution in [1.29, 1.82) is 0 Å². The van der Waals surface area contributed by atoms with E-state index >= 15 is 0 Å². The highest BCUT2D eigenvalue weighted by molar-refractivity contribution is 6.09. The Morgan fingerprint density at radius 1 is 1.00 bits per heavy atom. The third kappa shape index (κ3) is 5.02. The van der Waals surface area contributed by atoms with E-state index in [0.717, 1.165) is 25.0 Å². The van der Waals surface area contributed by atoms with Crippen LogP contribution in [0.2, 0.25) is 0 Å². The molecule has 1 aliphatic carbocycles. The molecule has 6 rings (SSSR count). The molecular weight excluding hydrogens is 534 g/mol. The van der Waals surface area contributed by atoms with Crippen LogP contribution in [0, 0.1) is 19.8 Å². The van der Waals surface area contributed by atoms with Crippen molar-refractivity contribution in [3.05, 3.63) is 77.4 Å². The third-order valence-corrected chi connectivity index (χ3v) is 8.16. The highest BCUT2D eigenvalue weighted by Crippen LogP contribution is 2.43. The molecule has 1 aromatic carbocycles. The summed E-state index contributed by atoms with van der Waals surface area (Å²) in [6.07, 6.45) is 4.14. The molecule has 1 saturated carbocycles. The zero-order valence-electron chi connectivity index (χ0n) is 23.6. The van der Waals surface area contributed by atoms with Crippen LogP contribution in [0.15, 0.2) is 54.7 Å². The summed E-state index contributed by atoms with van der Waals surface area (Å²) in [4.78, 5) is 62.8. The van der Waals surface area contributed by atoms with Crippen molar-refractivity contribution in [1.82, 2.24) is 24.6 Å². The highest BCUT2D eigenvalue weighted by atomic mass is 16.2. The Balaban J connectivity index is 1.25. The smallest absolute Gasteiger partial charge is 0.257 e. The molecule has 1 saturated heterocycles. The summed E-state index contributed by atoms with van der Waals surface area (Å²) >= 11 is 0. The van der Waals surface area contributed by atoms with E-state index in [1.165, 1.54) is 11.6 Å². The van der Waals surface area contributed by atoms with Gasteiger partial charge in [-0.15, -0.1) is 0 Å². The first kappa shape index (κ1) is 27.3. The molecule has 4 heterocycles. The summed E-state index contributed by atoms with van der Waals surface area (Å²) in [6.45, 7) is 4.90. The predicted molar refractivity (Wildman–Crippen MR) is 156 cm³/mol. The van der Waals surface area contributed by atoms with E-state index in [1.807, 2.05) is 19.1 Å². The lowest BCUT2D eigenvalue weighted by molar-refractivity contribution is -0.141. The number of hydrogen-bond acceptors (Lipinski definition) is 7. The molecular formula is C31H31N7O4. The number of anilines is 2. The SMILES string of the molecule is CC(=O)c1nn(CC(=O)N2C(C(=O)Nc3cccc(C)n3)[C@H]3CC[C@@H]2C3)c2ccc(NC(=O)c3cccnc3C)cc12. The molecule has 2 bridgehead atoms. The molecule has 1 aliphatic heterocycles. The van der Waals surface area contributed by atoms with E-state index in [1.54, 1.807) is 54.4 Å². The fourth-order valence-electron chi connectivity index (χ4n) is 6.27. The summed E-state index contributed by atoms with van der Waals surface area (Å²) in [5.41, 5.74) is 3.11. The lowest BCUT2D eigenvalue weighted by Gasteiger charge is -2.34. The van der Waals surface area contributed by atoms with Crippen molar-refractivity contribution < 1.29 is 19.2 Å². The second-order valence-corrected chi connectivity index (χ2v) is 11.0. The van der Waals surface area contributed by atoms with Crippen LogP contribution in [-0.2, 0) is 16.1 Å². The van der Waals surface area contributed by atoms with E-state index in [4.69, 9.17) is 0 Å². The van der Waals surface area contributed by atoms with Crippen molar-refractivity contribution in [3.63, 3.8) is 0 Å². The topological polar surface area (TPSA) is 139 Å². The number of amides is 3. The number of fused-ring (bicyclic) bond motifs is 3. The highest BCUT2D eigenvalue weighted by Gasteiger charge is 2.51. The van der Waals surface area contributed by atoms with Crippen LogP contribution in [-0.4, -0.2) is 60.2 Å². The van der Waals surface area contributed by atoms with Crippen LogP contribution in [0.4, 0.5) is 11.5 Å². The lowest BCUT2D eigenvalue weighted by atomic mass is 9.97. The van der Waals surface area contributed by atoms with Gasteiger partial charge in [-0.05, 0) is 81.5 Å². The first-order chi connectivity index (χ1) is 20.2. The van der Waals surface area contributed by atoms with E-state index in [0.29, 0.717) is 33.7 Å². The van der Waals surface area contributed by atoms with E-state index in [-0.39, 0.29) is 47.7 Å². The summed E-state index contributed by atoms with van der Waals surface area (Å²) in [5.74, 6) is -0.514. The summed E-state index contributed by atoms with van der Waals surface area (Å²) in [5, 5.41) is 10.8. The number of carbonyl (C=O) groups is 4. The number of Topliss-reactive ketones (excluding diaryl/α,β-unsaturated/α-hetero) is 1. The Morgan fingerprint density at radius 2 is 1.83 bits per heavy atom. The number of hydrogen-bond donors (Lipinski definition) is 2. The normalized spacial score (nSPS) is 19.2. The summed E-state index contributed by atoms with van der Waals surface area (Å²) in [7, 11) is 0. The largest absolute Gasteiger partial charge is 0.326 e. The van der Waals surface area contributed by atoms with Gasteiger partial charge < -0.3 is 15.5 Å². The van der Waals surface area contributed by atoms with Gasteiger partial charge in [-0.3, -0.25) is 28.8 Å². The lowest BCUT2D eigenvalue weighted by Crippen LogP contribution is -2.52. The minimum Gasteiger partial charge on any atom is -0.326 e. The number of piperidine rings is 1. The Morgan fingerprint density at radius 3 is 2.60 bits per heavy atom. The standard InChI is InChI=1S/C31H31N7O4/c1-17-6-4-8-26(33-17)35-31(42)29-20-9-11-22(14-20)38(29)27(40)16-37-25-12-10-21(15-24(25)28(36-37)19(3)39)34-30(41)23-7-5-13-32-18(23)2/h4-8,10,12-13,15,20,22,29H,9,11,14,16H2,1-3H3,(H,34,41)(H,33,35,42)/t20-,22+,29?/m0/s1. The molecule has 3 amide bonds. The maximum atomic E-state index is 13.8. The second kappa shape index (κ2) is 10.8. The van der Waals surface area contributed by atoms with Crippen LogP contribution in [0.1, 0.15) is 58.4 Å². The van der Waals surface area contributed by atoms with Gasteiger partial charge in [0.1, 0.15) is 24.1 Å². The molecule has 2 fully saturated rings. The molecule has 11 heteroatoms. The quantitative estimate of drug-likeness (QED) is 0.324. The minimum absolute atomic E-state index is 0.0180. The molecule has 2 N–H and O–H groups in total. The number of likely N-dealkylation sites (tertiary alicyclic amines) is 1. The van der Waals surface area contributed by atoms with Crippen molar-refractivity contribution in [2.75, 3.05) is 10.6 Å². The molecule has 11 nitrogen and oxygen atoms in total. The van der Waals surface area contributed by atoms with Gasteiger partial charge in [-0.25, -0.2) is 4.98 Å². The number of nitrogens with zero attached hydrogens (tertiary/aromatic N) is 5. The van der Waals surface area contributed by atoms with Gasteiger partial charge in [-0.1, -0.05) is 6.07 Å². The summed E-state index contributed by atoms with van der Waals surface area (Å²) in [6, 6.07) is 13.3. The third-order valence-electron chi connectivity index (χ3n) is 8.16. The maximum absolute atomic E-state index is 13.8. The van der Waals surface area contributed by atoms with Crippen molar-refractivity contribution in [3.8, 4) is 0 Å². The number of aryl methyl sites for hydroxylation is 2. The van der Waals surface area contributed by atoms with Crippen LogP contribution in [0.25, 0.3) is 10.9 Å². The van der Waals surface area contributed by atoms with Crippen molar-refractivity contribution in [2.45, 2.75) is 58.7 Å². The molecule has 0 spiro atoms. The molecule has 1 unspecified atom stereocenters. The Kier molecular flexibility index (Phi) is 7.01. The average Bonchev–Trinajstić information content (AvgIpc) is 3.67. The molecule has 2 aliphatic rings. The van der Waals surface area contributed by atoms with Gasteiger partial charge in [0, 0.05) is 41.6 Å². The number of aromatic nitrogens is 4. The number of ketones is 1. The average molecular weight is 566 g/mol. The molecule has 42 heavy (non-hydrogen) atoms. The monoisotopic (exact) mass is 565 g/mol. The Hall–Kier alpha value is -4.93. The molecule has 4 aromatic rings. The van der Waals surface area contributed by atoms with Gasteiger partial charge >= 0.3 is 0 Å².